The number of aliphatic hydroxyl groups is 7. The molecule has 2 saturated heterocycles. The highest BCUT2D eigenvalue weighted by molar-refractivity contribution is 4.91. The zero-order valence-electron chi connectivity index (χ0n) is 11.7. The molecule has 0 aromatic rings. The zero-order chi connectivity index (χ0) is 16.4. The molecule has 0 aliphatic carbocycles. The fraction of sp³-hybridized carbons (Fsp3) is 1.00. The third-order valence-electron chi connectivity index (χ3n) is 3.84. The quantitative estimate of drug-likeness (QED) is 0.268. The van der Waals surface area contributed by atoms with Gasteiger partial charge in [-0.2, -0.15) is 0 Å². The fourth-order valence-corrected chi connectivity index (χ4v) is 2.58. The van der Waals surface area contributed by atoms with Crippen molar-refractivity contribution >= 4 is 0 Å². The molecule has 22 heavy (non-hydrogen) atoms. The van der Waals surface area contributed by atoms with E-state index in [-0.39, 0.29) is 6.42 Å². The van der Waals surface area contributed by atoms with Crippen LogP contribution >= 0.6 is 0 Å². The third-order valence-corrected chi connectivity index (χ3v) is 3.84. The van der Waals surface area contributed by atoms with Crippen LogP contribution in [0.25, 0.3) is 0 Å². The van der Waals surface area contributed by atoms with E-state index in [1.807, 2.05) is 0 Å². The molecule has 5 unspecified atom stereocenters. The van der Waals surface area contributed by atoms with E-state index < -0.39 is 68.5 Å². The van der Waals surface area contributed by atoms with E-state index >= 15 is 0 Å². The van der Waals surface area contributed by atoms with E-state index in [4.69, 9.17) is 19.3 Å². The topological polar surface area (TPSA) is 169 Å². The lowest BCUT2D eigenvalue weighted by Crippen LogP contribution is -2.62. The molecular weight excluding hydrogens is 304 g/mol. The molecule has 0 saturated carbocycles. The van der Waals surface area contributed by atoms with E-state index in [1.54, 1.807) is 0 Å². The van der Waals surface area contributed by atoms with Gasteiger partial charge in [-0.15, -0.1) is 0 Å². The number of hydrogen-bond donors (Lipinski definition) is 7. The second-order valence-electron chi connectivity index (χ2n) is 5.41. The van der Waals surface area contributed by atoms with Gasteiger partial charge in [-0.25, -0.2) is 0 Å². The van der Waals surface area contributed by atoms with E-state index in [2.05, 4.69) is 0 Å². The lowest BCUT2D eigenvalue weighted by molar-refractivity contribution is -0.342. The smallest absolute Gasteiger partial charge is 0.187 e. The van der Waals surface area contributed by atoms with Crippen molar-refractivity contribution in [1.29, 1.82) is 0 Å². The van der Waals surface area contributed by atoms with Gasteiger partial charge in [0.25, 0.3) is 0 Å². The number of ether oxygens (including phenoxy) is 3. The molecule has 10 heteroatoms. The van der Waals surface area contributed by atoms with Crippen LogP contribution in [0.4, 0.5) is 0 Å². The summed E-state index contributed by atoms with van der Waals surface area (Å²) in [7, 11) is 0. The second-order valence-corrected chi connectivity index (χ2v) is 5.41. The Balaban J connectivity index is 2.07. The minimum atomic E-state index is -1.63. The van der Waals surface area contributed by atoms with Gasteiger partial charge in [0.15, 0.2) is 12.6 Å². The predicted octanol–water partition coefficient (Wildman–Crippen LogP) is -4.37. The molecule has 2 fully saturated rings. The molecule has 7 N–H and O–H groups in total. The van der Waals surface area contributed by atoms with Crippen molar-refractivity contribution in [3.05, 3.63) is 0 Å². The summed E-state index contributed by atoms with van der Waals surface area (Å²) >= 11 is 0. The Labute approximate surface area is 126 Å². The first-order chi connectivity index (χ1) is 10.4. The van der Waals surface area contributed by atoms with E-state index in [1.165, 1.54) is 0 Å². The lowest BCUT2D eigenvalue weighted by Gasteiger charge is -2.44. The molecule has 0 aromatic heterocycles. The molecule has 0 bridgehead atoms. The molecule has 2 rings (SSSR count). The number of rotatable bonds is 4. The van der Waals surface area contributed by atoms with Crippen LogP contribution in [-0.4, -0.2) is 104 Å². The summed E-state index contributed by atoms with van der Waals surface area (Å²) in [5.74, 6) is 0. The molecule has 0 radical (unpaired) electrons. The molecule has 10 nitrogen and oxygen atoms in total. The molecule has 0 spiro atoms. The largest absolute Gasteiger partial charge is 0.394 e. The van der Waals surface area contributed by atoms with Gasteiger partial charge < -0.3 is 50.0 Å². The van der Waals surface area contributed by atoms with Crippen molar-refractivity contribution in [2.24, 2.45) is 0 Å². The summed E-state index contributed by atoms with van der Waals surface area (Å²) in [6.45, 7) is -1.17. The van der Waals surface area contributed by atoms with Gasteiger partial charge in [0.2, 0.25) is 0 Å². The Hall–Kier alpha value is -0.400. The van der Waals surface area contributed by atoms with Gasteiger partial charge in [-0.3, -0.25) is 0 Å². The SMILES string of the molecule is OCC1O[C@@H](O[C@H]2C(O)C[C@H](O)OC2CO)C(O)C(O)[C@H]1O. The fourth-order valence-electron chi connectivity index (χ4n) is 2.58. The second kappa shape index (κ2) is 7.45. The monoisotopic (exact) mass is 326 g/mol. The van der Waals surface area contributed by atoms with E-state index in [0.29, 0.717) is 0 Å². The van der Waals surface area contributed by atoms with Crippen LogP contribution in [0.5, 0.6) is 0 Å². The van der Waals surface area contributed by atoms with Crippen molar-refractivity contribution in [3.8, 4) is 0 Å². The third kappa shape index (κ3) is 3.57. The molecule has 9 atom stereocenters. The maximum atomic E-state index is 9.92. The minimum absolute atomic E-state index is 0.168. The summed E-state index contributed by atoms with van der Waals surface area (Å²) in [5, 5.41) is 66.8. The zero-order valence-corrected chi connectivity index (χ0v) is 11.7. The standard InChI is InChI=1S/C12H22O10/c13-2-5-8(17)9(18)10(19)12(21-5)22-11-4(15)1-7(16)20-6(11)3-14/h4-19H,1-3H2/t4?,5?,6?,7-,8+,9?,10?,11+,12+/m1/s1. The maximum absolute atomic E-state index is 9.92. The van der Waals surface area contributed by atoms with Gasteiger partial charge in [0, 0.05) is 6.42 Å². The molecular formula is C12H22O10. The molecule has 2 heterocycles. The normalized spacial score (nSPS) is 50.0. The van der Waals surface area contributed by atoms with Crippen LogP contribution in [0.15, 0.2) is 0 Å². The lowest BCUT2D eigenvalue weighted by atomic mass is 9.98. The van der Waals surface area contributed by atoms with Crippen LogP contribution < -0.4 is 0 Å². The average Bonchev–Trinajstić information content (AvgIpc) is 2.49. The Kier molecular flexibility index (Phi) is 6.07. The Morgan fingerprint density at radius 1 is 0.818 bits per heavy atom. The van der Waals surface area contributed by atoms with Gasteiger partial charge in [0.05, 0.1) is 19.3 Å². The predicted molar refractivity (Wildman–Crippen MR) is 67.2 cm³/mol. The van der Waals surface area contributed by atoms with Crippen molar-refractivity contribution < 1.29 is 50.0 Å². The van der Waals surface area contributed by atoms with Crippen LogP contribution in [-0.2, 0) is 14.2 Å². The highest BCUT2D eigenvalue weighted by atomic mass is 16.7. The van der Waals surface area contributed by atoms with Gasteiger partial charge in [-0.1, -0.05) is 0 Å². The van der Waals surface area contributed by atoms with Crippen LogP contribution in [0.3, 0.4) is 0 Å². The van der Waals surface area contributed by atoms with Crippen molar-refractivity contribution in [2.45, 2.75) is 61.7 Å². The van der Waals surface area contributed by atoms with Crippen LogP contribution in [0, 0.1) is 0 Å². The van der Waals surface area contributed by atoms with Gasteiger partial charge in [-0.05, 0) is 0 Å². The summed E-state index contributed by atoms with van der Waals surface area (Å²) in [6.07, 6.45) is -12.2. The van der Waals surface area contributed by atoms with Crippen LogP contribution in [0.1, 0.15) is 6.42 Å². The van der Waals surface area contributed by atoms with Crippen molar-refractivity contribution in [2.75, 3.05) is 13.2 Å². The van der Waals surface area contributed by atoms with Gasteiger partial charge in [0.1, 0.15) is 36.6 Å². The van der Waals surface area contributed by atoms with Crippen molar-refractivity contribution in [1.82, 2.24) is 0 Å². The average molecular weight is 326 g/mol. The van der Waals surface area contributed by atoms with E-state index in [0.717, 1.165) is 0 Å². The molecule has 0 aromatic carbocycles. The molecule has 0 amide bonds. The molecule has 2 aliphatic rings. The van der Waals surface area contributed by atoms with Gasteiger partial charge >= 0.3 is 0 Å². The van der Waals surface area contributed by atoms with Crippen LogP contribution in [0.2, 0.25) is 0 Å². The summed E-state index contributed by atoms with van der Waals surface area (Å²) in [5.41, 5.74) is 0. The molecule has 2 aliphatic heterocycles. The highest BCUT2D eigenvalue weighted by Crippen LogP contribution is 2.28. The summed E-state index contributed by atoms with van der Waals surface area (Å²) in [6, 6.07) is 0. The number of hydrogen-bond acceptors (Lipinski definition) is 10. The summed E-state index contributed by atoms with van der Waals surface area (Å²) < 4.78 is 15.5. The highest BCUT2D eigenvalue weighted by Gasteiger charge is 2.47. The Morgan fingerprint density at radius 3 is 2.05 bits per heavy atom. The van der Waals surface area contributed by atoms with E-state index in [9.17, 15) is 30.6 Å². The first-order valence-corrected chi connectivity index (χ1v) is 6.97. The molecule has 130 valence electrons. The first kappa shape index (κ1) is 17.9. The first-order valence-electron chi connectivity index (χ1n) is 6.97. The minimum Gasteiger partial charge on any atom is -0.394 e. The summed E-state index contributed by atoms with van der Waals surface area (Å²) in [4.78, 5) is 0. The number of aliphatic hydroxyl groups excluding tert-OH is 7. The Bertz CT molecular complexity index is 353. The maximum Gasteiger partial charge on any atom is 0.187 e. The van der Waals surface area contributed by atoms with Crippen molar-refractivity contribution in [3.63, 3.8) is 0 Å². The Morgan fingerprint density at radius 2 is 1.45 bits per heavy atom.